The molecule has 0 bridgehead atoms. The van der Waals surface area contributed by atoms with E-state index in [0.717, 1.165) is 4.90 Å². The third-order valence-corrected chi connectivity index (χ3v) is 3.33. The number of carboxylic acid groups (broad SMARTS) is 1. The van der Waals surface area contributed by atoms with Gasteiger partial charge in [-0.2, -0.15) is 0 Å². The molecule has 1 atom stereocenters. The second-order valence-electron chi connectivity index (χ2n) is 5.12. The number of amides is 3. The van der Waals surface area contributed by atoms with E-state index in [2.05, 4.69) is 5.32 Å². The number of fused-ring (bicyclic) bond motifs is 1. The van der Waals surface area contributed by atoms with Gasteiger partial charge >= 0.3 is 5.97 Å². The van der Waals surface area contributed by atoms with Crippen LogP contribution in [0.25, 0.3) is 0 Å². The zero-order valence-electron chi connectivity index (χ0n) is 12.0. The van der Waals surface area contributed by atoms with Crippen LogP contribution in [0.4, 0.5) is 0 Å². The van der Waals surface area contributed by atoms with E-state index in [-0.39, 0.29) is 19.4 Å². The van der Waals surface area contributed by atoms with Crippen LogP contribution in [0.3, 0.4) is 0 Å². The lowest BCUT2D eigenvalue weighted by Gasteiger charge is -2.15. The highest BCUT2D eigenvalue weighted by molar-refractivity contribution is 6.21. The summed E-state index contributed by atoms with van der Waals surface area (Å²) in [6, 6.07) is 5.99. The molecule has 1 aliphatic heterocycles. The Hall–Kier alpha value is -2.70. The Morgan fingerprint density at radius 1 is 1.18 bits per heavy atom. The van der Waals surface area contributed by atoms with Crippen LogP contribution in [-0.2, 0) is 9.59 Å². The molecular weight excluding hydrogens is 288 g/mol. The SMILES string of the molecule is CC(CC(=O)O)NC(=O)CCN1C(=O)c2ccccc2C1=O. The first-order chi connectivity index (χ1) is 10.4. The van der Waals surface area contributed by atoms with E-state index in [9.17, 15) is 19.2 Å². The minimum Gasteiger partial charge on any atom is -0.481 e. The van der Waals surface area contributed by atoms with Crippen molar-refractivity contribution in [3.05, 3.63) is 35.4 Å². The number of rotatable bonds is 6. The van der Waals surface area contributed by atoms with Gasteiger partial charge in [-0.25, -0.2) is 0 Å². The largest absolute Gasteiger partial charge is 0.481 e. The zero-order valence-corrected chi connectivity index (χ0v) is 12.0. The average molecular weight is 304 g/mol. The second-order valence-corrected chi connectivity index (χ2v) is 5.12. The standard InChI is InChI=1S/C15H16N2O5/c1-9(8-13(19)20)16-12(18)6-7-17-14(21)10-4-2-3-5-11(10)15(17)22/h2-5,9H,6-8H2,1H3,(H,16,18)(H,19,20). The van der Waals surface area contributed by atoms with E-state index < -0.39 is 29.7 Å². The number of carboxylic acids is 1. The maximum absolute atomic E-state index is 12.1. The molecular formula is C15H16N2O5. The van der Waals surface area contributed by atoms with Gasteiger partial charge in [0.2, 0.25) is 5.91 Å². The highest BCUT2D eigenvalue weighted by Gasteiger charge is 2.34. The molecule has 116 valence electrons. The van der Waals surface area contributed by atoms with Crippen LogP contribution >= 0.6 is 0 Å². The van der Waals surface area contributed by atoms with Gasteiger partial charge in [-0.15, -0.1) is 0 Å². The molecule has 1 aromatic rings. The van der Waals surface area contributed by atoms with Gasteiger partial charge in [0.15, 0.2) is 0 Å². The number of hydrogen-bond acceptors (Lipinski definition) is 4. The van der Waals surface area contributed by atoms with Crippen LogP contribution in [0.5, 0.6) is 0 Å². The first-order valence-electron chi connectivity index (χ1n) is 6.86. The van der Waals surface area contributed by atoms with Crippen molar-refractivity contribution in [3.8, 4) is 0 Å². The van der Waals surface area contributed by atoms with Gasteiger partial charge in [-0.1, -0.05) is 12.1 Å². The summed E-state index contributed by atoms with van der Waals surface area (Å²) in [7, 11) is 0. The third-order valence-electron chi connectivity index (χ3n) is 3.33. The lowest BCUT2D eigenvalue weighted by molar-refractivity contribution is -0.137. The molecule has 2 N–H and O–H groups in total. The summed E-state index contributed by atoms with van der Waals surface area (Å²) in [4.78, 5) is 47.4. The van der Waals surface area contributed by atoms with Crippen LogP contribution in [0.1, 0.15) is 40.5 Å². The maximum Gasteiger partial charge on any atom is 0.305 e. The molecule has 0 fully saturated rings. The molecule has 1 aromatic carbocycles. The van der Waals surface area contributed by atoms with Crippen LogP contribution in [-0.4, -0.2) is 46.3 Å². The molecule has 7 nitrogen and oxygen atoms in total. The lowest BCUT2D eigenvalue weighted by Crippen LogP contribution is -2.38. The summed E-state index contributed by atoms with van der Waals surface area (Å²) in [5.41, 5.74) is 0.680. The van der Waals surface area contributed by atoms with E-state index in [1.54, 1.807) is 31.2 Å². The van der Waals surface area contributed by atoms with Crippen molar-refractivity contribution in [2.24, 2.45) is 0 Å². The normalized spacial score (nSPS) is 14.7. The molecule has 0 aromatic heterocycles. The number of carbonyl (C=O) groups is 4. The van der Waals surface area contributed by atoms with Gasteiger partial charge in [0.1, 0.15) is 0 Å². The Labute approximate surface area is 126 Å². The topological polar surface area (TPSA) is 104 Å². The molecule has 1 heterocycles. The van der Waals surface area contributed by atoms with Crippen molar-refractivity contribution >= 4 is 23.7 Å². The predicted molar refractivity (Wildman–Crippen MR) is 76.3 cm³/mol. The van der Waals surface area contributed by atoms with Gasteiger partial charge in [0.05, 0.1) is 17.5 Å². The van der Waals surface area contributed by atoms with E-state index in [1.807, 2.05) is 0 Å². The van der Waals surface area contributed by atoms with Crippen molar-refractivity contribution in [2.45, 2.75) is 25.8 Å². The Kier molecular flexibility index (Phi) is 4.55. The Morgan fingerprint density at radius 2 is 1.73 bits per heavy atom. The molecule has 0 aliphatic carbocycles. The van der Waals surface area contributed by atoms with Crippen molar-refractivity contribution < 1.29 is 24.3 Å². The highest BCUT2D eigenvalue weighted by Crippen LogP contribution is 2.22. The first kappa shape index (κ1) is 15.7. The molecule has 3 amide bonds. The molecule has 0 spiro atoms. The van der Waals surface area contributed by atoms with Crippen LogP contribution in [0, 0.1) is 0 Å². The van der Waals surface area contributed by atoms with Crippen molar-refractivity contribution in [1.82, 2.24) is 10.2 Å². The third kappa shape index (κ3) is 3.30. The molecule has 0 radical (unpaired) electrons. The van der Waals surface area contributed by atoms with Crippen LogP contribution < -0.4 is 5.32 Å². The minimum absolute atomic E-state index is 0.0298. The number of hydrogen-bond donors (Lipinski definition) is 2. The fraction of sp³-hybridized carbons (Fsp3) is 0.333. The molecule has 22 heavy (non-hydrogen) atoms. The zero-order chi connectivity index (χ0) is 16.3. The Balaban J connectivity index is 1.91. The van der Waals surface area contributed by atoms with Crippen molar-refractivity contribution in [2.75, 3.05) is 6.54 Å². The molecule has 7 heteroatoms. The van der Waals surface area contributed by atoms with E-state index in [1.165, 1.54) is 0 Å². The van der Waals surface area contributed by atoms with Gasteiger partial charge in [-0.05, 0) is 19.1 Å². The predicted octanol–water partition coefficient (Wildman–Crippen LogP) is 0.652. The van der Waals surface area contributed by atoms with E-state index in [4.69, 9.17) is 5.11 Å². The smallest absolute Gasteiger partial charge is 0.305 e. The average Bonchev–Trinajstić information content (AvgIpc) is 2.68. The number of benzene rings is 1. The monoisotopic (exact) mass is 304 g/mol. The van der Waals surface area contributed by atoms with Gasteiger partial charge in [0.25, 0.3) is 11.8 Å². The minimum atomic E-state index is -1.01. The summed E-state index contributed by atoms with van der Waals surface area (Å²) >= 11 is 0. The van der Waals surface area contributed by atoms with E-state index in [0.29, 0.717) is 11.1 Å². The summed E-state index contributed by atoms with van der Waals surface area (Å²) < 4.78 is 0. The van der Waals surface area contributed by atoms with Gasteiger partial charge in [0, 0.05) is 19.0 Å². The maximum atomic E-state index is 12.1. The van der Waals surface area contributed by atoms with E-state index >= 15 is 0 Å². The van der Waals surface area contributed by atoms with Crippen LogP contribution in [0.2, 0.25) is 0 Å². The van der Waals surface area contributed by atoms with Crippen molar-refractivity contribution in [3.63, 3.8) is 0 Å². The summed E-state index contributed by atoms with van der Waals surface area (Å²) in [5.74, 6) is -2.22. The fourth-order valence-corrected chi connectivity index (χ4v) is 2.32. The lowest BCUT2D eigenvalue weighted by atomic mass is 10.1. The number of carbonyl (C=O) groups excluding carboxylic acids is 3. The van der Waals surface area contributed by atoms with Gasteiger partial charge in [-0.3, -0.25) is 24.1 Å². The summed E-state index contributed by atoms with van der Waals surface area (Å²) in [6.45, 7) is 1.55. The number of aliphatic carboxylic acids is 1. The fourth-order valence-electron chi connectivity index (χ4n) is 2.32. The Morgan fingerprint density at radius 3 is 2.23 bits per heavy atom. The molecule has 1 aliphatic rings. The van der Waals surface area contributed by atoms with Gasteiger partial charge < -0.3 is 10.4 Å². The number of nitrogens with zero attached hydrogens (tertiary/aromatic N) is 1. The Bertz CT molecular complexity index is 606. The quantitative estimate of drug-likeness (QED) is 0.751. The summed E-state index contributed by atoms with van der Waals surface area (Å²) in [6.07, 6.45) is -0.242. The second kappa shape index (κ2) is 6.38. The summed E-state index contributed by atoms with van der Waals surface area (Å²) in [5, 5.41) is 11.1. The number of nitrogens with one attached hydrogen (secondary N) is 1. The molecule has 2 rings (SSSR count). The molecule has 0 saturated heterocycles. The van der Waals surface area contributed by atoms with Crippen LogP contribution in [0.15, 0.2) is 24.3 Å². The number of imide groups is 1. The first-order valence-corrected chi connectivity index (χ1v) is 6.86. The molecule has 0 saturated carbocycles. The molecule has 1 unspecified atom stereocenters. The highest BCUT2D eigenvalue weighted by atomic mass is 16.4. The van der Waals surface area contributed by atoms with Crippen molar-refractivity contribution in [1.29, 1.82) is 0 Å².